The highest BCUT2D eigenvalue weighted by Gasteiger charge is 2.49. The molecule has 4 amide bonds. The lowest BCUT2D eigenvalue weighted by atomic mass is 10.0. The molecule has 3 saturated heterocycles. The number of imide groups is 2. The first-order chi connectivity index (χ1) is 14.6. The number of anilines is 1. The summed E-state index contributed by atoms with van der Waals surface area (Å²) in [6, 6.07) is 1.98. The smallest absolute Gasteiger partial charge is 0.262 e. The molecule has 0 spiro atoms. The standard InChI is InChI=1S/C22H25FN4O4/c1-22(2,3)26-10-11-6-12(26)9-25(11)17-8-14-13(7-15(17)23)20(30)27(21(14)31)16-4-5-18(28)24-19(16)29/h7-8,11-12,16H,4-6,9-10H2,1-3H3,(H,24,28,29)/t11-,12-,16?/m0/s1. The minimum atomic E-state index is -1.06. The van der Waals surface area contributed by atoms with Gasteiger partial charge in [-0.25, -0.2) is 4.39 Å². The van der Waals surface area contributed by atoms with E-state index in [0.29, 0.717) is 18.3 Å². The molecule has 9 heteroatoms. The maximum Gasteiger partial charge on any atom is 0.262 e. The van der Waals surface area contributed by atoms with Crippen molar-refractivity contribution in [2.24, 2.45) is 0 Å². The van der Waals surface area contributed by atoms with E-state index in [2.05, 4.69) is 31.0 Å². The Morgan fingerprint density at radius 3 is 2.26 bits per heavy atom. The third-order valence-electron chi connectivity index (χ3n) is 6.92. The van der Waals surface area contributed by atoms with E-state index >= 15 is 4.39 Å². The minimum Gasteiger partial charge on any atom is -0.363 e. The number of likely N-dealkylation sites (tertiary alicyclic amines) is 1. The predicted octanol–water partition coefficient (Wildman–Crippen LogP) is 1.29. The van der Waals surface area contributed by atoms with Gasteiger partial charge >= 0.3 is 0 Å². The van der Waals surface area contributed by atoms with E-state index in [1.54, 1.807) is 0 Å². The molecule has 0 aliphatic carbocycles. The number of nitrogens with zero attached hydrogens (tertiary/aromatic N) is 3. The molecule has 0 aromatic heterocycles. The normalized spacial score (nSPS) is 28.6. The van der Waals surface area contributed by atoms with Gasteiger partial charge in [0.05, 0.1) is 16.8 Å². The first-order valence-electron chi connectivity index (χ1n) is 10.6. The van der Waals surface area contributed by atoms with Crippen LogP contribution in [0.4, 0.5) is 10.1 Å². The minimum absolute atomic E-state index is 0.0309. The monoisotopic (exact) mass is 428 g/mol. The summed E-state index contributed by atoms with van der Waals surface area (Å²) in [6.07, 6.45) is 1.05. The lowest BCUT2D eigenvalue weighted by molar-refractivity contribution is -0.136. The van der Waals surface area contributed by atoms with Crippen molar-refractivity contribution in [1.82, 2.24) is 15.1 Å². The van der Waals surface area contributed by atoms with E-state index in [0.717, 1.165) is 23.9 Å². The second kappa shape index (κ2) is 6.59. The molecule has 5 rings (SSSR count). The zero-order valence-electron chi connectivity index (χ0n) is 17.8. The second-order valence-electron chi connectivity index (χ2n) is 9.82. The summed E-state index contributed by atoms with van der Waals surface area (Å²) in [6.45, 7) is 7.99. The summed E-state index contributed by atoms with van der Waals surface area (Å²) in [4.78, 5) is 54.8. The summed E-state index contributed by atoms with van der Waals surface area (Å²) < 4.78 is 15.1. The van der Waals surface area contributed by atoms with Crippen LogP contribution >= 0.6 is 0 Å². The van der Waals surface area contributed by atoms with Gasteiger partial charge in [0.15, 0.2) is 0 Å². The highest BCUT2D eigenvalue weighted by molar-refractivity contribution is 6.23. The lowest BCUT2D eigenvalue weighted by Gasteiger charge is -2.42. The van der Waals surface area contributed by atoms with E-state index in [-0.39, 0.29) is 35.5 Å². The van der Waals surface area contributed by atoms with Gasteiger partial charge in [-0.1, -0.05) is 0 Å². The Morgan fingerprint density at radius 2 is 1.68 bits per heavy atom. The number of hydrogen-bond acceptors (Lipinski definition) is 6. The first kappa shape index (κ1) is 20.1. The van der Waals surface area contributed by atoms with Gasteiger partial charge in [0, 0.05) is 37.1 Å². The molecule has 4 aliphatic heterocycles. The third kappa shape index (κ3) is 2.97. The molecule has 164 valence electrons. The van der Waals surface area contributed by atoms with Crippen LogP contribution in [0.3, 0.4) is 0 Å². The van der Waals surface area contributed by atoms with Crippen LogP contribution in [0.15, 0.2) is 12.1 Å². The van der Waals surface area contributed by atoms with E-state index in [1.807, 2.05) is 4.90 Å². The van der Waals surface area contributed by atoms with Crippen molar-refractivity contribution in [1.29, 1.82) is 0 Å². The van der Waals surface area contributed by atoms with E-state index in [1.165, 1.54) is 6.07 Å². The van der Waals surface area contributed by atoms with Crippen LogP contribution < -0.4 is 10.2 Å². The van der Waals surface area contributed by atoms with Crippen LogP contribution in [0.5, 0.6) is 0 Å². The zero-order chi connectivity index (χ0) is 22.2. The van der Waals surface area contributed by atoms with E-state index in [4.69, 9.17) is 0 Å². The third-order valence-corrected chi connectivity index (χ3v) is 6.92. The Morgan fingerprint density at radius 1 is 1.00 bits per heavy atom. The number of piperazine rings is 1. The van der Waals surface area contributed by atoms with Gasteiger partial charge in [0.2, 0.25) is 11.8 Å². The molecule has 1 aromatic carbocycles. The van der Waals surface area contributed by atoms with Crippen molar-refractivity contribution in [3.05, 3.63) is 29.1 Å². The molecule has 1 aromatic rings. The molecular formula is C22H25FN4O4. The van der Waals surface area contributed by atoms with Crippen molar-refractivity contribution in [3.63, 3.8) is 0 Å². The van der Waals surface area contributed by atoms with Gasteiger partial charge in [-0.05, 0) is 45.7 Å². The van der Waals surface area contributed by atoms with E-state index < -0.39 is 35.5 Å². The van der Waals surface area contributed by atoms with Gasteiger partial charge in [0.25, 0.3) is 11.8 Å². The SMILES string of the molecule is CC(C)(C)N1C[C@@H]2C[C@H]1CN2c1cc2c(cc1F)C(=O)N(C1CCC(=O)NC1=O)C2=O. The average molecular weight is 428 g/mol. The van der Waals surface area contributed by atoms with Crippen LogP contribution in [0.2, 0.25) is 0 Å². The number of nitrogens with one attached hydrogen (secondary N) is 1. The van der Waals surface area contributed by atoms with Crippen molar-refractivity contribution < 1.29 is 23.6 Å². The van der Waals surface area contributed by atoms with Gasteiger partial charge in [-0.2, -0.15) is 0 Å². The van der Waals surface area contributed by atoms with Crippen LogP contribution in [-0.2, 0) is 9.59 Å². The summed E-state index contributed by atoms with van der Waals surface area (Å²) in [5, 5.41) is 2.17. The Hall–Kier alpha value is -2.81. The maximum absolute atomic E-state index is 15.1. The number of fused-ring (bicyclic) bond motifs is 3. The molecule has 3 atom stereocenters. The first-order valence-corrected chi connectivity index (χ1v) is 10.6. The number of halogens is 1. The quantitative estimate of drug-likeness (QED) is 0.714. The number of benzene rings is 1. The molecule has 8 nitrogen and oxygen atoms in total. The molecule has 4 heterocycles. The van der Waals surface area contributed by atoms with Gasteiger partial charge < -0.3 is 4.90 Å². The molecule has 1 unspecified atom stereocenters. The van der Waals surface area contributed by atoms with Crippen LogP contribution in [0.25, 0.3) is 0 Å². The van der Waals surface area contributed by atoms with Crippen LogP contribution in [-0.4, -0.2) is 70.2 Å². The number of piperidine rings is 1. The number of carbonyl (C=O) groups is 4. The number of carbonyl (C=O) groups excluding carboxylic acids is 4. The molecule has 31 heavy (non-hydrogen) atoms. The highest BCUT2D eigenvalue weighted by atomic mass is 19.1. The van der Waals surface area contributed by atoms with Crippen molar-refractivity contribution in [2.75, 3.05) is 18.0 Å². The number of hydrogen-bond donors (Lipinski definition) is 1. The average Bonchev–Trinajstić information content (AvgIpc) is 3.35. The molecule has 0 saturated carbocycles. The highest BCUT2D eigenvalue weighted by Crippen LogP contribution is 2.41. The number of amides is 4. The van der Waals surface area contributed by atoms with E-state index in [9.17, 15) is 19.2 Å². The summed E-state index contributed by atoms with van der Waals surface area (Å²) in [5.74, 6) is -2.96. The molecule has 3 fully saturated rings. The maximum atomic E-state index is 15.1. The molecule has 0 radical (unpaired) electrons. The number of rotatable bonds is 2. The van der Waals surface area contributed by atoms with Crippen molar-refractivity contribution in [2.45, 2.75) is 63.7 Å². The predicted molar refractivity (Wildman–Crippen MR) is 109 cm³/mol. The Balaban J connectivity index is 1.43. The molecule has 2 bridgehead atoms. The Kier molecular flexibility index (Phi) is 4.28. The van der Waals surface area contributed by atoms with Crippen molar-refractivity contribution in [3.8, 4) is 0 Å². The van der Waals surface area contributed by atoms with Gasteiger partial charge in [-0.3, -0.25) is 34.3 Å². The zero-order valence-corrected chi connectivity index (χ0v) is 17.8. The van der Waals surface area contributed by atoms with Crippen LogP contribution in [0.1, 0.15) is 60.7 Å². The summed E-state index contributed by atoms with van der Waals surface area (Å²) in [5.41, 5.74) is 0.441. The van der Waals surface area contributed by atoms with Gasteiger partial charge in [0.1, 0.15) is 11.9 Å². The molecule has 4 aliphatic rings. The molecule has 1 N–H and O–H groups in total. The summed E-state index contributed by atoms with van der Waals surface area (Å²) >= 11 is 0. The summed E-state index contributed by atoms with van der Waals surface area (Å²) in [7, 11) is 0. The Labute approximate surface area is 179 Å². The fraction of sp³-hybridized carbons (Fsp3) is 0.545. The van der Waals surface area contributed by atoms with Crippen LogP contribution in [0, 0.1) is 5.82 Å². The van der Waals surface area contributed by atoms with Crippen molar-refractivity contribution >= 4 is 29.3 Å². The topological polar surface area (TPSA) is 90.0 Å². The fourth-order valence-electron chi connectivity index (χ4n) is 5.48. The lowest BCUT2D eigenvalue weighted by Crippen LogP contribution is -2.54. The second-order valence-corrected chi connectivity index (χ2v) is 9.82. The Bertz CT molecular complexity index is 1030. The largest absolute Gasteiger partial charge is 0.363 e. The fourth-order valence-corrected chi connectivity index (χ4v) is 5.48. The molecular weight excluding hydrogens is 403 g/mol. The van der Waals surface area contributed by atoms with Gasteiger partial charge in [-0.15, -0.1) is 0 Å².